The van der Waals surface area contributed by atoms with Crippen molar-refractivity contribution < 1.29 is 0 Å². The number of aromatic nitrogens is 5. The minimum absolute atomic E-state index is 0.402. The summed E-state index contributed by atoms with van der Waals surface area (Å²) in [5.41, 5.74) is 0.402. The predicted octanol–water partition coefficient (Wildman–Crippen LogP) is 2.09. The van der Waals surface area contributed by atoms with Crippen LogP contribution in [0.25, 0.3) is 5.95 Å². The minimum atomic E-state index is 0.402. The lowest BCUT2D eigenvalue weighted by Gasteiger charge is -2.12. The highest BCUT2D eigenvalue weighted by molar-refractivity contribution is 5.38. The van der Waals surface area contributed by atoms with E-state index in [1.165, 1.54) is 12.8 Å². The summed E-state index contributed by atoms with van der Waals surface area (Å²) in [6.07, 6.45) is 8.77. The Kier molecular flexibility index (Phi) is 3.72. The summed E-state index contributed by atoms with van der Waals surface area (Å²) in [4.78, 5) is 17.4. The molecule has 0 aliphatic heterocycles. The molecule has 21 heavy (non-hydrogen) atoms. The topological polar surface area (TPSA) is 80.5 Å². The van der Waals surface area contributed by atoms with Crippen molar-refractivity contribution >= 4 is 11.9 Å². The van der Waals surface area contributed by atoms with Crippen LogP contribution in [0.4, 0.5) is 11.9 Å². The molecule has 0 bridgehead atoms. The zero-order valence-electron chi connectivity index (χ0n) is 12.5. The van der Waals surface area contributed by atoms with E-state index in [1.54, 1.807) is 17.1 Å². The Labute approximate surface area is 124 Å². The fraction of sp³-hybridized carbons (Fsp3) is 0.571. The van der Waals surface area contributed by atoms with Crippen molar-refractivity contribution in [3.05, 3.63) is 18.7 Å². The smallest absolute Gasteiger partial charge is 0.241 e. The molecule has 2 heterocycles. The molecule has 0 amide bonds. The summed E-state index contributed by atoms with van der Waals surface area (Å²) in [5.74, 6) is 1.78. The third-order valence-electron chi connectivity index (χ3n) is 3.67. The van der Waals surface area contributed by atoms with Crippen molar-refractivity contribution in [2.75, 3.05) is 23.7 Å². The van der Waals surface area contributed by atoms with Crippen LogP contribution in [0.1, 0.15) is 33.1 Å². The molecule has 7 nitrogen and oxygen atoms in total. The van der Waals surface area contributed by atoms with Crippen molar-refractivity contribution in [2.24, 2.45) is 5.41 Å². The van der Waals surface area contributed by atoms with Crippen molar-refractivity contribution in [3.63, 3.8) is 0 Å². The Balaban J connectivity index is 1.81. The summed E-state index contributed by atoms with van der Waals surface area (Å²) >= 11 is 0. The first-order chi connectivity index (χ1) is 10.2. The largest absolute Gasteiger partial charge is 0.354 e. The van der Waals surface area contributed by atoms with Crippen molar-refractivity contribution in [3.8, 4) is 5.95 Å². The predicted molar refractivity (Wildman–Crippen MR) is 81.6 cm³/mol. The highest BCUT2D eigenvalue weighted by Gasteiger charge is 2.37. The van der Waals surface area contributed by atoms with Gasteiger partial charge in [0.05, 0.1) is 0 Å². The number of nitrogens with zero attached hydrogens (tertiary/aromatic N) is 5. The van der Waals surface area contributed by atoms with Gasteiger partial charge in [0.15, 0.2) is 0 Å². The van der Waals surface area contributed by atoms with Crippen molar-refractivity contribution in [1.29, 1.82) is 0 Å². The lowest BCUT2D eigenvalue weighted by atomic mass is 10.1. The van der Waals surface area contributed by atoms with Gasteiger partial charge in [-0.1, -0.05) is 13.8 Å². The Morgan fingerprint density at radius 2 is 1.95 bits per heavy atom. The highest BCUT2D eigenvalue weighted by Crippen LogP contribution is 2.44. The number of nitrogens with one attached hydrogen (secondary N) is 2. The molecule has 0 unspecified atom stereocenters. The Morgan fingerprint density at radius 1 is 1.19 bits per heavy atom. The van der Waals surface area contributed by atoms with E-state index in [0.717, 1.165) is 19.5 Å². The van der Waals surface area contributed by atoms with Crippen LogP contribution in [0.15, 0.2) is 18.7 Å². The van der Waals surface area contributed by atoms with Crippen LogP contribution >= 0.6 is 0 Å². The quantitative estimate of drug-likeness (QED) is 0.811. The average molecular weight is 287 g/mol. The molecule has 7 heteroatoms. The number of rotatable bonds is 7. The second kappa shape index (κ2) is 5.67. The Hall–Kier alpha value is -2.18. The van der Waals surface area contributed by atoms with Gasteiger partial charge < -0.3 is 10.6 Å². The Morgan fingerprint density at radius 3 is 2.57 bits per heavy atom. The van der Waals surface area contributed by atoms with E-state index >= 15 is 0 Å². The first-order valence-corrected chi connectivity index (χ1v) is 7.41. The van der Waals surface area contributed by atoms with Gasteiger partial charge in [-0.3, -0.25) is 4.57 Å². The molecule has 2 N–H and O–H groups in total. The van der Waals surface area contributed by atoms with E-state index in [4.69, 9.17) is 0 Å². The standard InChI is InChI=1S/C14H21N7/c1-3-6-16-11-18-12(17-9-14(2)4-5-14)20-13(19-11)21-8-7-15-10-21/h7-8,10H,3-6,9H2,1-2H3,(H2,16,17,18,19,20). The molecule has 0 saturated heterocycles. The van der Waals surface area contributed by atoms with E-state index in [1.807, 2.05) is 6.20 Å². The molecule has 112 valence electrons. The van der Waals surface area contributed by atoms with Crippen molar-refractivity contribution in [2.45, 2.75) is 33.1 Å². The van der Waals surface area contributed by atoms with Crippen LogP contribution < -0.4 is 10.6 Å². The molecule has 3 rings (SSSR count). The minimum Gasteiger partial charge on any atom is -0.354 e. The molecule has 0 radical (unpaired) electrons. The summed E-state index contributed by atoms with van der Waals surface area (Å²) in [6, 6.07) is 0. The van der Waals surface area contributed by atoms with Crippen LogP contribution in [-0.2, 0) is 0 Å². The van der Waals surface area contributed by atoms with Gasteiger partial charge in [0.2, 0.25) is 17.8 Å². The summed E-state index contributed by atoms with van der Waals surface area (Å²) in [5, 5.41) is 6.54. The van der Waals surface area contributed by atoms with E-state index < -0.39 is 0 Å². The van der Waals surface area contributed by atoms with E-state index in [2.05, 4.69) is 44.4 Å². The molecule has 0 spiro atoms. The fourth-order valence-corrected chi connectivity index (χ4v) is 1.94. The van der Waals surface area contributed by atoms with Crippen LogP contribution in [-0.4, -0.2) is 37.6 Å². The number of hydrogen-bond donors (Lipinski definition) is 2. The van der Waals surface area contributed by atoms with Crippen LogP contribution in [0.5, 0.6) is 0 Å². The van der Waals surface area contributed by atoms with Crippen molar-refractivity contribution in [1.82, 2.24) is 24.5 Å². The van der Waals surface area contributed by atoms with E-state index in [-0.39, 0.29) is 0 Å². The molecule has 2 aromatic heterocycles. The summed E-state index contributed by atoms with van der Waals surface area (Å²) in [6.45, 7) is 6.12. The van der Waals surface area contributed by atoms with E-state index in [9.17, 15) is 0 Å². The van der Waals surface area contributed by atoms with Gasteiger partial charge in [-0.05, 0) is 24.7 Å². The van der Waals surface area contributed by atoms with Gasteiger partial charge in [-0.2, -0.15) is 15.0 Å². The molecule has 1 aliphatic carbocycles. The lowest BCUT2D eigenvalue weighted by molar-refractivity contribution is 0.607. The number of imidazole rings is 1. The molecular formula is C14H21N7. The highest BCUT2D eigenvalue weighted by atomic mass is 15.3. The molecule has 0 aromatic carbocycles. The maximum absolute atomic E-state index is 4.46. The van der Waals surface area contributed by atoms with Gasteiger partial charge in [0.1, 0.15) is 6.33 Å². The SMILES string of the molecule is CCCNc1nc(NCC2(C)CC2)nc(-n2ccnc2)n1. The first-order valence-electron chi connectivity index (χ1n) is 7.41. The van der Waals surface area contributed by atoms with Crippen LogP contribution in [0.2, 0.25) is 0 Å². The normalized spacial score (nSPS) is 15.7. The van der Waals surface area contributed by atoms with Gasteiger partial charge >= 0.3 is 0 Å². The zero-order chi connectivity index (χ0) is 14.7. The van der Waals surface area contributed by atoms with Gasteiger partial charge in [0.25, 0.3) is 0 Å². The summed E-state index contributed by atoms with van der Waals surface area (Å²) < 4.78 is 1.78. The second-order valence-electron chi connectivity index (χ2n) is 5.84. The zero-order valence-corrected chi connectivity index (χ0v) is 12.5. The molecule has 1 aliphatic rings. The molecular weight excluding hydrogens is 266 g/mol. The van der Waals surface area contributed by atoms with Crippen LogP contribution in [0, 0.1) is 5.41 Å². The van der Waals surface area contributed by atoms with Gasteiger partial charge in [0, 0.05) is 25.5 Å². The first kappa shape index (κ1) is 13.8. The van der Waals surface area contributed by atoms with Gasteiger partial charge in [-0.25, -0.2) is 4.98 Å². The maximum atomic E-state index is 4.46. The number of hydrogen-bond acceptors (Lipinski definition) is 6. The van der Waals surface area contributed by atoms with Gasteiger partial charge in [-0.15, -0.1) is 0 Å². The fourth-order valence-electron chi connectivity index (χ4n) is 1.94. The third kappa shape index (κ3) is 3.48. The average Bonchev–Trinajstić information content (AvgIpc) is 3.01. The molecule has 0 atom stereocenters. The monoisotopic (exact) mass is 287 g/mol. The molecule has 2 aromatic rings. The van der Waals surface area contributed by atoms with E-state index in [0.29, 0.717) is 23.3 Å². The number of anilines is 2. The maximum Gasteiger partial charge on any atom is 0.241 e. The third-order valence-corrected chi connectivity index (χ3v) is 3.67. The Bertz CT molecular complexity index is 589. The molecule has 1 saturated carbocycles. The second-order valence-corrected chi connectivity index (χ2v) is 5.84. The lowest BCUT2D eigenvalue weighted by Crippen LogP contribution is -2.17. The van der Waals surface area contributed by atoms with Crippen LogP contribution in [0.3, 0.4) is 0 Å². The molecule has 1 fully saturated rings. The summed E-state index contributed by atoms with van der Waals surface area (Å²) in [7, 11) is 0.